The minimum atomic E-state index is -0.776. The first-order chi connectivity index (χ1) is 9.70. The first kappa shape index (κ1) is 15.2. The molecule has 2 N–H and O–H groups in total. The highest BCUT2D eigenvalue weighted by atomic mass is 32.1. The zero-order chi connectivity index (χ0) is 14.4. The SMILES string of the molecule is CCCC[C@H](NCc1cnc(-c2cccs2)s1)C(=O)O. The van der Waals surface area contributed by atoms with Gasteiger partial charge in [-0.3, -0.25) is 10.1 Å². The van der Waals surface area contributed by atoms with Gasteiger partial charge < -0.3 is 5.11 Å². The zero-order valence-electron chi connectivity index (χ0n) is 11.3. The predicted molar refractivity (Wildman–Crippen MR) is 83.2 cm³/mol. The van der Waals surface area contributed by atoms with E-state index >= 15 is 0 Å². The molecule has 0 fully saturated rings. The second kappa shape index (κ2) is 7.52. The van der Waals surface area contributed by atoms with Crippen molar-refractivity contribution in [2.24, 2.45) is 0 Å². The number of aromatic nitrogens is 1. The van der Waals surface area contributed by atoms with Gasteiger partial charge in [0.15, 0.2) is 0 Å². The average Bonchev–Trinajstić information content (AvgIpc) is 3.09. The van der Waals surface area contributed by atoms with Crippen LogP contribution in [-0.2, 0) is 11.3 Å². The largest absolute Gasteiger partial charge is 0.480 e. The number of hydrogen-bond donors (Lipinski definition) is 2. The van der Waals surface area contributed by atoms with Crippen LogP contribution < -0.4 is 5.32 Å². The third kappa shape index (κ3) is 4.13. The van der Waals surface area contributed by atoms with Gasteiger partial charge in [0.05, 0.1) is 4.88 Å². The molecular formula is C14H18N2O2S2. The molecule has 1 atom stereocenters. The number of thiophene rings is 1. The molecule has 0 saturated carbocycles. The van der Waals surface area contributed by atoms with Crippen molar-refractivity contribution in [1.29, 1.82) is 0 Å². The molecule has 0 bridgehead atoms. The molecule has 4 nitrogen and oxygen atoms in total. The molecule has 0 aliphatic heterocycles. The summed E-state index contributed by atoms with van der Waals surface area (Å²) in [5.41, 5.74) is 0. The van der Waals surface area contributed by atoms with Gasteiger partial charge in [0.2, 0.25) is 0 Å². The van der Waals surface area contributed by atoms with Crippen molar-refractivity contribution < 1.29 is 9.90 Å². The summed E-state index contributed by atoms with van der Waals surface area (Å²) in [5.74, 6) is -0.776. The van der Waals surface area contributed by atoms with Gasteiger partial charge in [-0.2, -0.15) is 0 Å². The maximum Gasteiger partial charge on any atom is 0.320 e. The van der Waals surface area contributed by atoms with Crippen LogP contribution in [0.25, 0.3) is 9.88 Å². The first-order valence-electron chi connectivity index (χ1n) is 6.65. The number of carbonyl (C=O) groups is 1. The Balaban J connectivity index is 1.91. The summed E-state index contributed by atoms with van der Waals surface area (Å²) in [5, 5.41) is 15.3. The number of carboxylic acids is 1. The van der Waals surface area contributed by atoms with Crippen molar-refractivity contribution in [3.05, 3.63) is 28.6 Å². The molecule has 0 aliphatic carbocycles. The topological polar surface area (TPSA) is 62.2 Å². The van der Waals surface area contributed by atoms with Gasteiger partial charge in [-0.15, -0.1) is 22.7 Å². The number of aliphatic carboxylic acids is 1. The van der Waals surface area contributed by atoms with E-state index in [-0.39, 0.29) is 0 Å². The van der Waals surface area contributed by atoms with Crippen molar-refractivity contribution in [3.8, 4) is 9.88 Å². The Kier molecular flexibility index (Phi) is 5.70. The standard InChI is InChI=1S/C14H18N2O2S2/c1-2-3-5-11(14(17)18)15-8-10-9-16-13(20-10)12-6-4-7-19-12/h4,6-7,9,11,15H,2-3,5,8H2,1H3,(H,17,18)/t11-/m0/s1. The van der Waals surface area contributed by atoms with Crippen LogP contribution in [0.2, 0.25) is 0 Å². The number of rotatable bonds is 8. The van der Waals surface area contributed by atoms with Crippen LogP contribution in [0.4, 0.5) is 0 Å². The van der Waals surface area contributed by atoms with E-state index in [1.165, 1.54) is 0 Å². The zero-order valence-corrected chi connectivity index (χ0v) is 13.0. The molecule has 0 unspecified atom stereocenters. The van der Waals surface area contributed by atoms with E-state index in [1.54, 1.807) is 22.7 Å². The molecule has 2 rings (SSSR count). The minimum Gasteiger partial charge on any atom is -0.480 e. The number of thiazole rings is 1. The normalized spacial score (nSPS) is 12.4. The highest BCUT2D eigenvalue weighted by Gasteiger charge is 2.16. The molecule has 108 valence electrons. The Hall–Kier alpha value is -1.24. The lowest BCUT2D eigenvalue weighted by atomic mass is 10.1. The number of nitrogens with one attached hydrogen (secondary N) is 1. The minimum absolute atomic E-state index is 0.470. The monoisotopic (exact) mass is 310 g/mol. The van der Waals surface area contributed by atoms with Crippen LogP contribution in [0.5, 0.6) is 0 Å². The molecule has 20 heavy (non-hydrogen) atoms. The molecule has 0 spiro atoms. The number of nitrogens with zero attached hydrogens (tertiary/aromatic N) is 1. The fourth-order valence-electron chi connectivity index (χ4n) is 1.85. The Morgan fingerprint density at radius 1 is 1.55 bits per heavy atom. The van der Waals surface area contributed by atoms with Gasteiger partial charge in [0, 0.05) is 17.6 Å². The van der Waals surface area contributed by atoms with Crippen LogP contribution in [-0.4, -0.2) is 22.1 Å². The predicted octanol–water partition coefficient (Wildman–Crippen LogP) is 3.60. The van der Waals surface area contributed by atoms with E-state index in [0.29, 0.717) is 13.0 Å². The Morgan fingerprint density at radius 3 is 3.05 bits per heavy atom. The highest BCUT2D eigenvalue weighted by Crippen LogP contribution is 2.28. The van der Waals surface area contributed by atoms with Crippen molar-refractivity contribution in [1.82, 2.24) is 10.3 Å². The second-order valence-electron chi connectivity index (χ2n) is 4.52. The van der Waals surface area contributed by atoms with Crippen molar-refractivity contribution in [2.45, 2.75) is 38.8 Å². The summed E-state index contributed by atoms with van der Waals surface area (Å²) >= 11 is 3.28. The lowest BCUT2D eigenvalue weighted by Gasteiger charge is -2.12. The molecule has 2 heterocycles. The maximum absolute atomic E-state index is 11.1. The molecule has 0 aromatic carbocycles. The molecule has 2 aromatic heterocycles. The van der Waals surface area contributed by atoms with Crippen LogP contribution in [0.15, 0.2) is 23.7 Å². The number of hydrogen-bond acceptors (Lipinski definition) is 5. The van der Waals surface area contributed by atoms with Gasteiger partial charge in [0.25, 0.3) is 0 Å². The Morgan fingerprint density at radius 2 is 2.40 bits per heavy atom. The molecule has 0 aliphatic rings. The van der Waals surface area contributed by atoms with Gasteiger partial charge in [-0.25, -0.2) is 4.98 Å². The quantitative estimate of drug-likeness (QED) is 0.782. The van der Waals surface area contributed by atoms with E-state index < -0.39 is 12.0 Å². The van der Waals surface area contributed by atoms with Crippen molar-refractivity contribution >= 4 is 28.6 Å². The van der Waals surface area contributed by atoms with E-state index in [2.05, 4.69) is 17.2 Å². The molecule has 6 heteroatoms. The first-order valence-corrected chi connectivity index (χ1v) is 8.35. The average molecular weight is 310 g/mol. The summed E-state index contributed by atoms with van der Waals surface area (Å²) in [4.78, 5) is 17.8. The van der Waals surface area contributed by atoms with Gasteiger partial charge >= 0.3 is 5.97 Å². The van der Waals surface area contributed by atoms with E-state index in [9.17, 15) is 4.79 Å². The van der Waals surface area contributed by atoms with Crippen LogP contribution in [0, 0.1) is 0 Å². The molecule has 0 saturated heterocycles. The van der Waals surface area contributed by atoms with Gasteiger partial charge in [0.1, 0.15) is 11.0 Å². The molecule has 0 amide bonds. The fraction of sp³-hybridized carbons (Fsp3) is 0.429. The maximum atomic E-state index is 11.1. The third-order valence-electron chi connectivity index (χ3n) is 2.95. The lowest BCUT2D eigenvalue weighted by Crippen LogP contribution is -2.35. The Labute approximate surface area is 126 Å². The van der Waals surface area contributed by atoms with Gasteiger partial charge in [-0.05, 0) is 17.9 Å². The number of unbranched alkanes of at least 4 members (excludes halogenated alkanes) is 1. The van der Waals surface area contributed by atoms with Crippen LogP contribution in [0.3, 0.4) is 0 Å². The number of carboxylic acid groups (broad SMARTS) is 1. The van der Waals surface area contributed by atoms with Crippen molar-refractivity contribution in [2.75, 3.05) is 0 Å². The summed E-state index contributed by atoms with van der Waals surface area (Å²) < 4.78 is 0. The lowest BCUT2D eigenvalue weighted by molar-refractivity contribution is -0.139. The summed E-state index contributed by atoms with van der Waals surface area (Å²) in [6.45, 7) is 2.62. The van der Waals surface area contributed by atoms with E-state index in [1.807, 2.05) is 23.7 Å². The summed E-state index contributed by atoms with van der Waals surface area (Å²) in [7, 11) is 0. The van der Waals surface area contributed by atoms with E-state index in [4.69, 9.17) is 5.11 Å². The smallest absolute Gasteiger partial charge is 0.320 e. The van der Waals surface area contributed by atoms with Crippen molar-refractivity contribution in [3.63, 3.8) is 0 Å². The highest BCUT2D eigenvalue weighted by molar-refractivity contribution is 7.20. The van der Waals surface area contributed by atoms with Gasteiger partial charge in [-0.1, -0.05) is 25.8 Å². The third-order valence-corrected chi connectivity index (χ3v) is 4.99. The van der Waals surface area contributed by atoms with Crippen LogP contribution in [0.1, 0.15) is 31.1 Å². The second-order valence-corrected chi connectivity index (χ2v) is 6.59. The molecule has 2 aromatic rings. The molecular weight excluding hydrogens is 292 g/mol. The molecule has 0 radical (unpaired) electrons. The fourth-order valence-corrected chi connectivity index (χ4v) is 3.52. The summed E-state index contributed by atoms with van der Waals surface area (Å²) in [6, 6.07) is 3.58. The summed E-state index contributed by atoms with van der Waals surface area (Å²) in [6.07, 6.45) is 4.43. The Bertz CT molecular complexity index is 537. The van der Waals surface area contributed by atoms with E-state index in [0.717, 1.165) is 27.6 Å². The van der Waals surface area contributed by atoms with Crippen LogP contribution >= 0.6 is 22.7 Å².